The quantitative estimate of drug-likeness (QED) is 0.270. The fraction of sp³-hybridized carbons (Fsp3) is 0.138. The molecule has 3 heterocycles. The monoisotopic (exact) mass is 428 g/mol. The number of fused-ring (bicyclic) bond motifs is 9. The van der Waals surface area contributed by atoms with Crippen molar-refractivity contribution in [2.45, 2.75) is 26.3 Å². The molecule has 7 aromatic rings. The molecule has 4 heteroatoms. The van der Waals surface area contributed by atoms with Gasteiger partial charge in [-0.3, -0.25) is 8.97 Å². The molecule has 0 unspecified atom stereocenters. The van der Waals surface area contributed by atoms with Crippen molar-refractivity contribution < 1.29 is 0 Å². The average molecular weight is 429 g/mol. The second-order valence-electron chi connectivity index (χ2n) is 9.76. The molecule has 0 atom stereocenters. The van der Waals surface area contributed by atoms with Crippen LogP contribution in [-0.4, -0.2) is 18.5 Å². The van der Waals surface area contributed by atoms with Gasteiger partial charge in [0.1, 0.15) is 0 Å². The molecule has 0 radical (unpaired) electrons. The van der Waals surface area contributed by atoms with E-state index in [1.165, 1.54) is 27.3 Å². The molecule has 0 saturated heterocycles. The number of rotatable bonds is 1. The van der Waals surface area contributed by atoms with Crippen molar-refractivity contribution in [1.82, 2.24) is 18.5 Å². The molecule has 0 amide bonds. The third-order valence-electron chi connectivity index (χ3n) is 6.68. The summed E-state index contributed by atoms with van der Waals surface area (Å²) < 4.78 is 7.11. The predicted molar refractivity (Wildman–Crippen MR) is 138 cm³/mol. The summed E-state index contributed by atoms with van der Waals surface area (Å²) >= 11 is 0. The Morgan fingerprint density at radius 1 is 0.606 bits per heavy atom. The van der Waals surface area contributed by atoms with Crippen LogP contribution in [0.2, 0.25) is 0 Å². The van der Waals surface area contributed by atoms with Crippen molar-refractivity contribution in [3.05, 3.63) is 91.0 Å². The molecule has 0 aliphatic carbocycles. The number of benzene rings is 4. The SMILES string of the molecule is CC(C)(C)n1c2ccccc2c2ccc3nc4n(-c5ccccc5)c5ccccc5n4c3c21. The predicted octanol–water partition coefficient (Wildman–Crippen LogP) is 7.29. The fourth-order valence-corrected chi connectivity index (χ4v) is 5.45. The number of imidazole rings is 2. The van der Waals surface area contributed by atoms with Gasteiger partial charge in [-0.1, -0.05) is 48.5 Å². The molecule has 0 aliphatic heterocycles. The van der Waals surface area contributed by atoms with E-state index in [0.717, 1.165) is 28.0 Å². The van der Waals surface area contributed by atoms with Crippen LogP contribution in [0.3, 0.4) is 0 Å². The summed E-state index contributed by atoms with van der Waals surface area (Å²) in [4.78, 5) is 5.18. The molecule has 4 nitrogen and oxygen atoms in total. The molecule has 160 valence electrons. The van der Waals surface area contributed by atoms with Crippen LogP contribution in [0.15, 0.2) is 91.0 Å². The molecule has 0 bridgehead atoms. The van der Waals surface area contributed by atoms with E-state index in [-0.39, 0.29) is 5.54 Å². The second-order valence-corrected chi connectivity index (χ2v) is 9.76. The van der Waals surface area contributed by atoms with Gasteiger partial charge in [0.05, 0.1) is 27.6 Å². The number of hydrogen-bond donors (Lipinski definition) is 0. The van der Waals surface area contributed by atoms with E-state index in [9.17, 15) is 0 Å². The first-order valence-electron chi connectivity index (χ1n) is 11.4. The molecule has 3 aromatic heterocycles. The van der Waals surface area contributed by atoms with Gasteiger partial charge in [0.2, 0.25) is 5.78 Å². The zero-order valence-corrected chi connectivity index (χ0v) is 18.9. The Bertz CT molecular complexity index is 1840. The highest BCUT2D eigenvalue weighted by molar-refractivity contribution is 6.17. The van der Waals surface area contributed by atoms with Gasteiger partial charge in [0, 0.05) is 27.5 Å². The van der Waals surface area contributed by atoms with E-state index in [1.807, 2.05) is 0 Å². The number of para-hydroxylation sites is 4. The van der Waals surface area contributed by atoms with Crippen LogP contribution in [0.25, 0.3) is 55.3 Å². The molecular weight excluding hydrogens is 404 g/mol. The Morgan fingerprint density at radius 2 is 1.27 bits per heavy atom. The minimum atomic E-state index is -0.0857. The van der Waals surface area contributed by atoms with Crippen LogP contribution in [-0.2, 0) is 5.54 Å². The van der Waals surface area contributed by atoms with Gasteiger partial charge >= 0.3 is 0 Å². The lowest BCUT2D eigenvalue weighted by Crippen LogP contribution is -2.21. The van der Waals surface area contributed by atoms with Crippen LogP contribution in [0.4, 0.5) is 0 Å². The Labute approximate surface area is 191 Å². The first kappa shape index (κ1) is 18.5. The van der Waals surface area contributed by atoms with E-state index in [1.54, 1.807) is 0 Å². The van der Waals surface area contributed by atoms with Crippen LogP contribution < -0.4 is 0 Å². The second kappa shape index (κ2) is 6.26. The van der Waals surface area contributed by atoms with Crippen molar-refractivity contribution in [1.29, 1.82) is 0 Å². The van der Waals surface area contributed by atoms with Crippen molar-refractivity contribution in [3.8, 4) is 5.69 Å². The summed E-state index contributed by atoms with van der Waals surface area (Å²) in [6.45, 7) is 6.84. The van der Waals surface area contributed by atoms with Crippen LogP contribution in [0.1, 0.15) is 20.8 Å². The van der Waals surface area contributed by atoms with Gasteiger partial charge in [-0.05, 0) is 63.2 Å². The van der Waals surface area contributed by atoms with E-state index < -0.39 is 0 Å². The highest BCUT2D eigenvalue weighted by Gasteiger charge is 2.25. The summed E-state index contributed by atoms with van der Waals surface area (Å²) in [5.74, 6) is 0.940. The van der Waals surface area contributed by atoms with Crippen LogP contribution >= 0.6 is 0 Å². The lowest BCUT2D eigenvalue weighted by atomic mass is 10.1. The Kier molecular flexibility index (Phi) is 3.51. The van der Waals surface area contributed by atoms with Gasteiger partial charge in [-0.15, -0.1) is 0 Å². The Hall–Kier alpha value is -4.05. The van der Waals surface area contributed by atoms with E-state index in [4.69, 9.17) is 4.98 Å². The highest BCUT2D eigenvalue weighted by Crippen LogP contribution is 2.39. The van der Waals surface area contributed by atoms with Crippen LogP contribution in [0, 0.1) is 0 Å². The lowest BCUT2D eigenvalue weighted by molar-refractivity contribution is 0.424. The third kappa shape index (κ3) is 2.38. The number of nitrogens with zero attached hydrogens (tertiary/aromatic N) is 4. The van der Waals surface area contributed by atoms with Gasteiger partial charge in [0.25, 0.3) is 0 Å². The molecule has 4 aromatic carbocycles. The van der Waals surface area contributed by atoms with E-state index >= 15 is 0 Å². The minimum absolute atomic E-state index is 0.0857. The molecule has 0 aliphatic rings. The normalized spacial score (nSPS) is 12.7. The van der Waals surface area contributed by atoms with Gasteiger partial charge in [-0.25, -0.2) is 4.98 Å². The summed E-state index contributed by atoms with van der Waals surface area (Å²) in [5, 5.41) is 2.55. The first-order chi connectivity index (χ1) is 16.0. The maximum atomic E-state index is 5.18. The van der Waals surface area contributed by atoms with Gasteiger partial charge in [0.15, 0.2) is 0 Å². The summed E-state index contributed by atoms with van der Waals surface area (Å²) in [6.07, 6.45) is 0. The van der Waals surface area contributed by atoms with Crippen molar-refractivity contribution in [2.24, 2.45) is 0 Å². The van der Waals surface area contributed by atoms with E-state index in [0.29, 0.717) is 0 Å². The minimum Gasteiger partial charge on any atom is -0.333 e. The third-order valence-corrected chi connectivity index (χ3v) is 6.68. The molecule has 0 N–H and O–H groups in total. The number of hydrogen-bond acceptors (Lipinski definition) is 1. The molecule has 7 rings (SSSR count). The van der Waals surface area contributed by atoms with Crippen LogP contribution in [0.5, 0.6) is 0 Å². The Balaban J connectivity index is 1.79. The molecule has 0 fully saturated rings. The average Bonchev–Trinajstić information content (AvgIpc) is 3.45. The standard InChI is InChI=1S/C29H24N4/c1-29(2,3)33-23-14-8-7-13-20(23)21-17-18-22-27(26(21)33)32-25-16-10-9-15-24(25)31(28(32)30-22)19-11-5-4-6-12-19/h4-18H,1-3H3. The summed E-state index contributed by atoms with van der Waals surface area (Å²) in [7, 11) is 0. The highest BCUT2D eigenvalue weighted by atomic mass is 15.2. The van der Waals surface area contributed by atoms with E-state index in [2.05, 4.69) is 125 Å². The maximum Gasteiger partial charge on any atom is 0.220 e. The summed E-state index contributed by atoms with van der Waals surface area (Å²) in [6, 6.07) is 32.3. The van der Waals surface area contributed by atoms with Crippen molar-refractivity contribution >= 4 is 49.7 Å². The summed E-state index contributed by atoms with van der Waals surface area (Å²) in [5.41, 5.74) is 8.03. The van der Waals surface area contributed by atoms with Gasteiger partial charge < -0.3 is 4.57 Å². The largest absolute Gasteiger partial charge is 0.333 e. The molecule has 0 saturated carbocycles. The molecular formula is C29H24N4. The first-order valence-corrected chi connectivity index (χ1v) is 11.4. The fourth-order valence-electron chi connectivity index (χ4n) is 5.45. The lowest BCUT2D eigenvalue weighted by Gasteiger charge is -2.24. The molecule has 33 heavy (non-hydrogen) atoms. The molecule has 0 spiro atoms. The zero-order chi connectivity index (χ0) is 22.3. The zero-order valence-electron chi connectivity index (χ0n) is 18.9. The smallest absolute Gasteiger partial charge is 0.220 e. The Morgan fingerprint density at radius 3 is 2.03 bits per heavy atom. The van der Waals surface area contributed by atoms with Crippen molar-refractivity contribution in [3.63, 3.8) is 0 Å². The maximum absolute atomic E-state index is 5.18. The van der Waals surface area contributed by atoms with Gasteiger partial charge in [-0.2, -0.15) is 0 Å². The topological polar surface area (TPSA) is 27.2 Å². The van der Waals surface area contributed by atoms with Crippen molar-refractivity contribution in [2.75, 3.05) is 0 Å². The number of aromatic nitrogens is 4.